The van der Waals surface area contributed by atoms with E-state index in [-0.39, 0.29) is 6.54 Å². The highest BCUT2D eigenvalue weighted by molar-refractivity contribution is 6.35. The van der Waals surface area contributed by atoms with Crippen LogP contribution in [-0.2, 0) is 29.4 Å². The third-order valence-corrected chi connectivity index (χ3v) is 3.91. The van der Waals surface area contributed by atoms with Gasteiger partial charge in [-0.2, -0.15) is 18.3 Å². The number of carbonyl (C=O) groups is 2. The zero-order valence-electron chi connectivity index (χ0n) is 14.4. The number of carbonyl (C=O) groups excluding carboxylic acids is 2. The summed E-state index contributed by atoms with van der Waals surface area (Å²) in [5.41, 5.74) is 0.954. The standard InChI is InChI=1S/C16H18F3N5O2/c1-9(11-4-5-13(20-6-11)16(17,18)19)23-15(26)14(25)21-7-12-8-22-24(3)10(12)2/h4-6,8-9H,7H2,1-3H3,(H,21,25)(H,23,26)/t9-/m0/s1. The van der Waals surface area contributed by atoms with Gasteiger partial charge in [0.05, 0.1) is 12.2 Å². The van der Waals surface area contributed by atoms with E-state index in [0.29, 0.717) is 5.56 Å². The van der Waals surface area contributed by atoms with Gasteiger partial charge in [-0.1, -0.05) is 6.07 Å². The van der Waals surface area contributed by atoms with Gasteiger partial charge < -0.3 is 10.6 Å². The molecule has 0 bridgehead atoms. The van der Waals surface area contributed by atoms with Crippen LogP contribution < -0.4 is 10.6 Å². The van der Waals surface area contributed by atoms with E-state index in [1.165, 1.54) is 6.07 Å². The lowest BCUT2D eigenvalue weighted by molar-refractivity contribution is -0.141. The first-order valence-electron chi connectivity index (χ1n) is 7.69. The Hall–Kier alpha value is -2.91. The fourth-order valence-electron chi connectivity index (χ4n) is 2.15. The molecule has 2 rings (SSSR count). The van der Waals surface area contributed by atoms with Crippen molar-refractivity contribution in [2.45, 2.75) is 32.6 Å². The van der Waals surface area contributed by atoms with E-state index in [2.05, 4.69) is 20.7 Å². The number of amides is 2. The fraction of sp³-hybridized carbons (Fsp3) is 0.375. The lowest BCUT2D eigenvalue weighted by atomic mass is 10.1. The van der Waals surface area contributed by atoms with E-state index >= 15 is 0 Å². The number of hydrogen-bond donors (Lipinski definition) is 2. The van der Waals surface area contributed by atoms with Gasteiger partial charge in [0.25, 0.3) is 0 Å². The van der Waals surface area contributed by atoms with Crippen LogP contribution in [0.2, 0.25) is 0 Å². The summed E-state index contributed by atoms with van der Waals surface area (Å²) in [4.78, 5) is 27.1. The van der Waals surface area contributed by atoms with Crippen LogP contribution in [0.15, 0.2) is 24.5 Å². The number of pyridine rings is 1. The molecule has 140 valence electrons. The molecule has 0 saturated carbocycles. The topological polar surface area (TPSA) is 88.9 Å². The summed E-state index contributed by atoms with van der Waals surface area (Å²) >= 11 is 0. The van der Waals surface area contributed by atoms with Crippen molar-refractivity contribution in [2.24, 2.45) is 7.05 Å². The van der Waals surface area contributed by atoms with Crippen molar-refractivity contribution in [2.75, 3.05) is 0 Å². The van der Waals surface area contributed by atoms with Crippen LogP contribution in [0.1, 0.15) is 35.5 Å². The average Bonchev–Trinajstić information content (AvgIpc) is 2.90. The predicted molar refractivity (Wildman–Crippen MR) is 85.6 cm³/mol. The second kappa shape index (κ2) is 7.54. The predicted octanol–water partition coefficient (Wildman–Crippen LogP) is 1.64. The number of halogens is 3. The van der Waals surface area contributed by atoms with Crippen molar-refractivity contribution < 1.29 is 22.8 Å². The molecule has 10 heteroatoms. The molecule has 2 aromatic rings. The molecule has 2 aromatic heterocycles. The normalized spacial score (nSPS) is 12.5. The monoisotopic (exact) mass is 369 g/mol. The maximum Gasteiger partial charge on any atom is 0.433 e. The first-order valence-corrected chi connectivity index (χ1v) is 7.69. The number of nitrogens with one attached hydrogen (secondary N) is 2. The van der Waals surface area contributed by atoms with Crippen molar-refractivity contribution >= 4 is 11.8 Å². The molecular formula is C16H18F3N5O2. The van der Waals surface area contributed by atoms with Gasteiger partial charge >= 0.3 is 18.0 Å². The minimum atomic E-state index is -4.53. The first-order chi connectivity index (χ1) is 12.1. The van der Waals surface area contributed by atoms with E-state index in [4.69, 9.17) is 0 Å². The van der Waals surface area contributed by atoms with Gasteiger partial charge in [-0.05, 0) is 25.5 Å². The molecule has 2 heterocycles. The molecule has 0 fully saturated rings. The Balaban J connectivity index is 1.91. The molecule has 2 amide bonds. The Kier molecular flexibility index (Phi) is 5.63. The molecule has 0 radical (unpaired) electrons. The maximum atomic E-state index is 12.5. The van der Waals surface area contributed by atoms with Crippen LogP contribution in [0.25, 0.3) is 0 Å². The number of aryl methyl sites for hydroxylation is 1. The Morgan fingerprint density at radius 3 is 2.42 bits per heavy atom. The Morgan fingerprint density at radius 2 is 1.92 bits per heavy atom. The lowest BCUT2D eigenvalue weighted by Gasteiger charge is -2.14. The maximum absolute atomic E-state index is 12.5. The largest absolute Gasteiger partial charge is 0.433 e. The summed E-state index contributed by atoms with van der Waals surface area (Å²) < 4.78 is 39.1. The number of nitrogens with zero attached hydrogens (tertiary/aromatic N) is 3. The van der Waals surface area contributed by atoms with Crippen molar-refractivity contribution in [3.8, 4) is 0 Å². The first kappa shape index (κ1) is 19.4. The molecule has 0 aliphatic rings. The van der Waals surface area contributed by atoms with Gasteiger partial charge in [-0.15, -0.1) is 0 Å². The number of alkyl halides is 3. The van der Waals surface area contributed by atoms with Crippen molar-refractivity contribution in [1.82, 2.24) is 25.4 Å². The smallest absolute Gasteiger partial charge is 0.344 e. The molecule has 7 nitrogen and oxygen atoms in total. The van der Waals surface area contributed by atoms with Crippen LogP contribution in [-0.4, -0.2) is 26.6 Å². The van der Waals surface area contributed by atoms with Gasteiger partial charge in [0, 0.05) is 31.0 Å². The van der Waals surface area contributed by atoms with E-state index < -0.39 is 29.7 Å². The van der Waals surface area contributed by atoms with Crippen LogP contribution in [0.5, 0.6) is 0 Å². The number of aromatic nitrogens is 3. The number of hydrogen-bond acceptors (Lipinski definition) is 4. The van der Waals surface area contributed by atoms with Crippen molar-refractivity contribution in [3.63, 3.8) is 0 Å². The van der Waals surface area contributed by atoms with Crippen LogP contribution in [0.3, 0.4) is 0 Å². The van der Waals surface area contributed by atoms with Crippen LogP contribution in [0.4, 0.5) is 13.2 Å². The van der Waals surface area contributed by atoms with E-state index in [0.717, 1.165) is 23.5 Å². The average molecular weight is 369 g/mol. The molecule has 0 aromatic carbocycles. The Bertz CT molecular complexity index is 799. The van der Waals surface area contributed by atoms with E-state index in [1.54, 1.807) is 24.9 Å². The van der Waals surface area contributed by atoms with Crippen molar-refractivity contribution in [3.05, 3.63) is 47.0 Å². The zero-order valence-corrected chi connectivity index (χ0v) is 14.4. The summed E-state index contributed by atoms with van der Waals surface area (Å²) in [6.07, 6.45) is -1.93. The molecule has 2 N–H and O–H groups in total. The lowest BCUT2D eigenvalue weighted by Crippen LogP contribution is -2.40. The van der Waals surface area contributed by atoms with Crippen LogP contribution in [0, 0.1) is 6.92 Å². The second-order valence-corrected chi connectivity index (χ2v) is 5.73. The second-order valence-electron chi connectivity index (χ2n) is 5.73. The summed E-state index contributed by atoms with van der Waals surface area (Å²) in [7, 11) is 1.76. The van der Waals surface area contributed by atoms with E-state index in [9.17, 15) is 22.8 Å². The summed E-state index contributed by atoms with van der Waals surface area (Å²) in [6, 6.07) is 1.35. The summed E-state index contributed by atoms with van der Waals surface area (Å²) in [5, 5.41) is 8.92. The van der Waals surface area contributed by atoms with Crippen molar-refractivity contribution in [1.29, 1.82) is 0 Å². The van der Waals surface area contributed by atoms with Gasteiger partial charge in [0.1, 0.15) is 5.69 Å². The highest BCUT2D eigenvalue weighted by atomic mass is 19.4. The third kappa shape index (κ3) is 4.58. The molecule has 0 aliphatic carbocycles. The highest BCUT2D eigenvalue weighted by Crippen LogP contribution is 2.27. The molecule has 26 heavy (non-hydrogen) atoms. The highest BCUT2D eigenvalue weighted by Gasteiger charge is 2.32. The minimum absolute atomic E-state index is 0.141. The summed E-state index contributed by atoms with van der Waals surface area (Å²) in [5.74, 6) is -1.74. The van der Waals surface area contributed by atoms with Crippen LogP contribution >= 0.6 is 0 Å². The van der Waals surface area contributed by atoms with Gasteiger partial charge in [0.15, 0.2) is 0 Å². The van der Waals surface area contributed by atoms with Gasteiger partial charge in [-0.3, -0.25) is 19.3 Å². The Labute approximate surface area is 147 Å². The molecule has 0 saturated heterocycles. The minimum Gasteiger partial charge on any atom is -0.344 e. The molecule has 0 aliphatic heterocycles. The van der Waals surface area contributed by atoms with Gasteiger partial charge in [-0.25, -0.2) is 0 Å². The zero-order chi connectivity index (χ0) is 19.5. The van der Waals surface area contributed by atoms with Gasteiger partial charge in [0.2, 0.25) is 0 Å². The fourth-order valence-corrected chi connectivity index (χ4v) is 2.15. The number of rotatable bonds is 4. The summed E-state index contributed by atoms with van der Waals surface area (Å²) in [6.45, 7) is 3.51. The molecular weight excluding hydrogens is 351 g/mol. The third-order valence-electron chi connectivity index (χ3n) is 3.91. The molecule has 0 spiro atoms. The quantitative estimate of drug-likeness (QED) is 0.802. The molecule has 0 unspecified atom stereocenters. The van der Waals surface area contributed by atoms with E-state index in [1.807, 2.05) is 6.92 Å². The SMILES string of the molecule is Cc1c(CNC(=O)C(=O)N[C@@H](C)c2ccc(C(F)(F)F)nc2)cnn1C. The molecule has 1 atom stereocenters. The Morgan fingerprint density at radius 1 is 1.23 bits per heavy atom.